The minimum absolute atomic E-state index is 0.102. The average molecular weight is 303 g/mol. The van der Waals surface area contributed by atoms with Gasteiger partial charge in [-0.25, -0.2) is 9.48 Å². The van der Waals surface area contributed by atoms with Crippen LogP contribution in [0.3, 0.4) is 0 Å². The van der Waals surface area contributed by atoms with Gasteiger partial charge in [-0.05, 0) is 19.1 Å². The van der Waals surface area contributed by atoms with Crippen LogP contribution in [0.1, 0.15) is 6.92 Å². The van der Waals surface area contributed by atoms with Crippen molar-refractivity contribution in [2.45, 2.75) is 19.6 Å². The van der Waals surface area contributed by atoms with Crippen LogP contribution >= 0.6 is 0 Å². The van der Waals surface area contributed by atoms with Gasteiger partial charge >= 0.3 is 5.97 Å². The van der Waals surface area contributed by atoms with Gasteiger partial charge in [0.15, 0.2) is 0 Å². The van der Waals surface area contributed by atoms with E-state index >= 15 is 0 Å². The molecule has 2 aromatic rings. The molecule has 0 aliphatic heterocycles. The molecule has 0 saturated carbocycles. The number of aliphatic hydroxyl groups excluding tert-OH is 1. The number of nitrogens with zero attached hydrogens (tertiary/aromatic N) is 3. The third-order valence-electron chi connectivity index (χ3n) is 2.87. The number of aromatic hydroxyl groups is 1. The number of carbonyl (C=O) groups is 1. The van der Waals surface area contributed by atoms with Crippen molar-refractivity contribution in [2.75, 3.05) is 6.61 Å². The summed E-state index contributed by atoms with van der Waals surface area (Å²) < 4.78 is 6.28. The maximum Gasteiger partial charge on any atom is 0.333 e. The predicted molar refractivity (Wildman–Crippen MR) is 78.9 cm³/mol. The van der Waals surface area contributed by atoms with Gasteiger partial charge in [0.05, 0.1) is 12.7 Å². The molecule has 116 valence electrons. The lowest BCUT2D eigenvalue weighted by Gasteiger charge is -2.10. The van der Waals surface area contributed by atoms with Crippen molar-refractivity contribution >= 4 is 5.97 Å². The molecule has 0 aliphatic rings. The highest BCUT2D eigenvalue weighted by molar-refractivity contribution is 5.86. The third-order valence-corrected chi connectivity index (χ3v) is 2.87. The number of carbonyl (C=O) groups excluding carboxylic acids is 1. The van der Waals surface area contributed by atoms with Crippen LogP contribution in [0, 0.1) is 0 Å². The summed E-state index contributed by atoms with van der Waals surface area (Å²) in [5, 5.41) is 27.4. The van der Waals surface area contributed by atoms with Gasteiger partial charge < -0.3 is 14.9 Å². The standard InChI is InChI=1S/C15H17N3O4/c1-10(2)15(21)22-9-11(19)7-18-8-13(16-17-18)12-5-3-4-6-14(12)20/h3-6,8,11,19-20H,1,7,9H2,2H3. The number of hydrogen-bond donors (Lipinski definition) is 2. The molecule has 0 bridgehead atoms. The van der Waals surface area contributed by atoms with E-state index < -0.39 is 12.1 Å². The Hall–Kier alpha value is -2.67. The van der Waals surface area contributed by atoms with E-state index in [-0.39, 0.29) is 24.5 Å². The highest BCUT2D eigenvalue weighted by Gasteiger charge is 2.13. The van der Waals surface area contributed by atoms with E-state index in [1.165, 1.54) is 11.6 Å². The Kier molecular flexibility index (Phi) is 4.90. The van der Waals surface area contributed by atoms with Crippen molar-refractivity contribution in [1.29, 1.82) is 0 Å². The molecule has 1 aromatic carbocycles. The number of aromatic nitrogens is 3. The van der Waals surface area contributed by atoms with Gasteiger partial charge in [0.1, 0.15) is 24.2 Å². The number of ether oxygens (including phenoxy) is 1. The highest BCUT2D eigenvalue weighted by atomic mass is 16.5. The van der Waals surface area contributed by atoms with Gasteiger partial charge in [-0.2, -0.15) is 0 Å². The van der Waals surface area contributed by atoms with E-state index in [1.807, 2.05) is 0 Å². The zero-order valence-corrected chi connectivity index (χ0v) is 12.1. The predicted octanol–water partition coefficient (Wildman–Crippen LogP) is 1.13. The van der Waals surface area contributed by atoms with Gasteiger partial charge in [0, 0.05) is 11.1 Å². The van der Waals surface area contributed by atoms with Crippen molar-refractivity contribution < 1.29 is 19.7 Å². The second-order valence-corrected chi connectivity index (χ2v) is 4.88. The summed E-state index contributed by atoms with van der Waals surface area (Å²) in [5.41, 5.74) is 1.32. The molecule has 22 heavy (non-hydrogen) atoms. The Balaban J connectivity index is 1.96. The molecule has 2 rings (SSSR count). The number of phenolic OH excluding ortho intramolecular Hbond substituents is 1. The first-order chi connectivity index (χ1) is 10.5. The van der Waals surface area contributed by atoms with Gasteiger partial charge in [0.25, 0.3) is 0 Å². The number of esters is 1. The lowest BCUT2D eigenvalue weighted by atomic mass is 10.1. The Morgan fingerprint density at radius 1 is 1.45 bits per heavy atom. The highest BCUT2D eigenvalue weighted by Crippen LogP contribution is 2.26. The number of rotatable bonds is 6. The lowest BCUT2D eigenvalue weighted by Crippen LogP contribution is -2.24. The fourth-order valence-electron chi connectivity index (χ4n) is 1.76. The minimum Gasteiger partial charge on any atom is -0.507 e. The average Bonchev–Trinajstić information content (AvgIpc) is 2.93. The van der Waals surface area contributed by atoms with Crippen LogP contribution in [0.15, 0.2) is 42.6 Å². The number of aliphatic hydroxyl groups is 1. The summed E-state index contributed by atoms with van der Waals surface area (Å²) >= 11 is 0. The fraction of sp³-hybridized carbons (Fsp3) is 0.267. The van der Waals surface area contributed by atoms with Gasteiger partial charge in [0.2, 0.25) is 0 Å². The van der Waals surface area contributed by atoms with E-state index in [9.17, 15) is 15.0 Å². The summed E-state index contributed by atoms with van der Waals surface area (Å²) in [6, 6.07) is 6.76. The quantitative estimate of drug-likeness (QED) is 0.613. The topological polar surface area (TPSA) is 97.5 Å². The van der Waals surface area contributed by atoms with Crippen molar-refractivity contribution in [3.63, 3.8) is 0 Å². The Labute approximate surface area is 127 Å². The van der Waals surface area contributed by atoms with Crippen molar-refractivity contribution in [3.05, 3.63) is 42.6 Å². The first kappa shape index (κ1) is 15.7. The molecule has 1 heterocycles. The van der Waals surface area contributed by atoms with E-state index in [0.29, 0.717) is 11.3 Å². The molecule has 0 radical (unpaired) electrons. The van der Waals surface area contributed by atoms with Crippen LogP contribution in [0.2, 0.25) is 0 Å². The molecule has 0 aliphatic carbocycles. The first-order valence-electron chi connectivity index (χ1n) is 6.66. The maximum absolute atomic E-state index is 11.2. The Morgan fingerprint density at radius 3 is 2.86 bits per heavy atom. The second-order valence-electron chi connectivity index (χ2n) is 4.88. The second kappa shape index (κ2) is 6.86. The van der Waals surface area contributed by atoms with Crippen molar-refractivity contribution in [3.8, 4) is 17.0 Å². The van der Waals surface area contributed by atoms with Crippen LogP contribution in [0.5, 0.6) is 5.75 Å². The summed E-state index contributed by atoms with van der Waals surface area (Å²) in [5.74, 6) is -0.446. The smallest absolute Gasteiger partial charge is 0.333 e. The molecular formula is C15H17N3O4. The number of para-hydroxylation sites is 1. The summed E-state index contributed by atoms with van der Waals surface area (Å²) in [6.07, 6.45) is 0.681. The summed E-state index contributed by atoms with van der Waals surface area (Å²) in [7, 11) is 0. The van der Waals surface area contributed by atoms with Crippen LogP contribution in [0.4, 0.5) is 0 Å². The van der Waals surface area contributed by atoms with Crippen molar-refractivity contribution in [2.24, 2.45) is 0 Å². The Morgan fingerprint density at radius 2 is 2.18 bits per heavy atom. The van der Waals surface area contributed by atoms with Crippen LogP contribution in [-0.4, -0.2) is 43.9 Å². The van der Waals surface area contributed by atoms with Gasteiger partial charge in [-0.1, -0.05) is 23.9 Å². The zero-order valence-electron chi connectivity index (χ0n) is 12.1. The monoisotopic (exact) mass is 303 g/mol. The summed E-state index contributed by atoms with van der Waals surface area (Å²) in [4.78, 5) is 11.2. The molecule has 1 aromatic heterocycles. The molecule has 1 atom stereocenters. The molecule has 2 N–H and O–H groups in total. The molecular weight excluding hydrogens is 286 g/mol. The van der Waals surface area contributed by atoms with Gasteiger partial charge in [-0.15, -0.1) is 5.10 Å². The maximum atomic E-state index is 11.2. The lowest BCUT2D eigenvalue weighted by molar-refractivity contribution is -0.142. The van der Waals surface area contributed by atoms with E-state index in [0.717, 1.165) is 0 Å². The molecule has 0 saturated heterocycles. The SMILES string of the molecule is C=C(C)C(=O)OCC(O)Cn1cc(-c2ccccc2O)nn1. The van der Waals surface area contributed by atoms with E-state index in [2.05, 4.69) is 16.9 Å². The number of benzene rings is 1. The van der Waals surface area contributed by atoms with Crippen LogP contribution in [-0.2, 0) is 16.1 Å². The zero-order chi connectivity index (χ0) is 16.1. The summed E-state index contributed by atoms with van der Waals surface area (Å²) in [6.45, 7) is 4.95. The fourth-order valence-corrected chi connectivity index (χ4v) is 1.76. The number of hydrogen-bond acceptors (Lipinski definition) is 6. The van der Waals surface area contributed by atoms with Gasteiger partial charge in [-0.3, -0.25) is 0 Å². The van der Waals surface area contributed by atoms with Crippen LogP contribution in [0.25, 0.3) is 11.3 Å². The third kappa shape index (κ3) is 3.92. The van der Waals surface area contributed by atoms with E-state index in [4.69, 9.17) is 4.74 Å². The first-order valence-corrected chi connectivity index (χ1v) is 6.66. The molecule has 0 fully saturated rings. The normalized spacial score (nSPS) is 11.9. The largest absolute Gasteiger partial charge is 0.507 e. The molecule has 0 spiro atoms. The molecule has 1 unspecified atom stereocenters. The Bertz CT molecular complexity index is 681. The molecule has 7 nitrogen and oxygen atoms in total. The van der Waals surface area contributed by atoms with Crippen molar-refractivity contribution in [1.82, 2.24) is 15.0 Å². The molecule has 7 heteroatoms. The number of phenols is 1. The molecule has 0 amide bonds. The van der Waals surface area contributed by atoms with Crippen LogP contribution < -0.4 is 0 Å². The minimum atomic E-state index is -0.915. The van der Waals surface area contributed by atoms with E-state index in [1.54, 1.807) is 30.5 Å².